The average Bonchev–Trinajstić information content (AvgIpc) is 2.36. The molecule has 1 aromatic rings. The van der Waals surface area contributed by atoms with Crippen LogP contribution in [0.15, 0.2) is 27.8 Å². The molecular weight excluding hydrogens is 371 g/mol. The van der Waals surface area contributed by atoms with Gasteiger partial charge in [0.05, 0.1) is 3.58 Å². The maximum Gasteiger partial charge on any atom is 0.344 e. The third-order valence-electron chi connectivity index (χ3n) is 2.11. The lowest BCUT2D eigenvalue weighted by molar-refractivity contribution is -0.148. The zero-order valence-electron chi connectivity index (χ0n) is 12.1. The van der Waals surface area contributed by atoms with E-state index in [0.29, 0.717) is 3.58 Å². The van der Waals surface area contributed by atoms with Crippen LogP contribution in [-0.4, -0.2) is 25.5 Å². The second kappa shape index (κ2) is 7.64. The van der Waals surface area contributed by atoms with Crippen molar-refractivity contribution in [2.45, 2.75) is 26.4 Å². The van der Waals surface area contributed by atoms with Crippen LogP contribution in [0.4, 0.5) is 0 Å². The molecule has 4 nitrogen and oxygen atoms in total. The molecule has 0 spiro atoms. The number of carbonyl (C=O) groups excluding carboxylic acids is 1. The zero-order valence-corrected chi connectivity index (χ0v) is 14.3. The predicted molar refractivity (Wildman–Crippen MR) is 86.8 cm³/mol. The fraction of sp³-hybridized carbons (Fsp3) is 0.400. The summed E-state index contributed by atoms with van der Waals surface area (Å²) < 4.78 is 15.9. The number of halogens is 1. The molecule has 20 heavy (non-hydrogen) atoms. The van der Waals surface area contributed by atoms with Crippen molar-refractivity contribution in [2.24, 2.45) is 0 Å². The second-order valence-corrected chi connectivity index (χ2v) is 6.28. The quantitative estimate of drug-likeness (QED) is 0.332. The van der Waals surface area contributed by atoms with Crippen LogP contribution in [0, 0.1) is 0 Å². The number of hydrogen-bond donors (Lipinski definition) is 0. The van der Waals surface area contributed by atoms with Crippen molar-refractivity contribution >= 4 is 34.6 Å². The fourth-order valence-electron chi connectivity index (χ4n) is 1.32. The van der Waals surface area contributed by atoms with E-state index in [1.165, 1.54) is 0 Å². The number of benzene rings is 1. The normalized spacial score (nSPS) is 12.2. The number of hydrogen-bond acceptors (Lipinski definition) is 4. The Balaban J connectivity index is 2.70. The van der Waals surface area contributed by atoms with Crippen LogP contribution in [0.3, 0.4) is 0 Å². The summed E-state index contributed by atoms with van der Waals surface area (Å²) in [6, 6.07) is 7.38. The van der Waals surface area contributed by atoms with Gasteiger partial charge in [0.2, 0.25) is 0 Å². The Morgan fingerprint density at radius 3 is 2.35 bits per heavy atom. The van der Waals surface area contributed by atoms with Gasteiger partial charge in [-0.3, -0.25) is 0 Å². The molecule has 0 heterocycles. The van der Waals surface area contributed by atoms with E-state index in [2.05, 4.69) is 0 Å². The van der Waals surface area contributed by atoms with Crippen molar-refractivity contribution < 1.29 is 19.0 Å². The highest BCUT2D eigenvalue weighted by atomic mass is 127. The summed E-state index contributed by atoms with van der Waals surface area (Å²) in [6.07, 6.45) is 1.77. The van der Waals surface area contributed by atoms with E-state index in [1.807, 2.05) is 67.6 Å². The molecule has 0 aliphatic carbocycles. The smallest absolute Gasteiger partial charge is 0.344 e. The van der Waals surface area contributed by atoms with Gasteiger partial charge < -0.3 is 14.2 Å². The van der Waals surface area contributed by atoms with Crippen LogP contribution in [0.1, 0.15) is 26.3 Å². The topological polar surface area (TPSA) is 44.8 Å². The van der Waals surface area contributed by atoms with Gasteiger partial charge in [-0.2, -0.15) is 0 Å². The van der Waals surface area contributed by atoms with Gasteiger partial charge in [-0.15, -0.1) is 0 Å². The molecule has 0 aromatic heterocycles. The Bertz CT molecular complexity index is 472. The van der Waals surface area contributed by atoms with Gasteiger partial charge in [0, 0.05) is 7.11 Å². The van der Waals surface area contributed by atoms with Crippen LogP contribution in [-0.2, 0) is 14.3 Å². The molecule has 0 saturated carbocycles. The van der Waals surface area contributed by atoms with Gasteiger partial charge in [-0.25, -0.2) is 4.79 Å². The van der Waals surface area contributed by atoms with Crippen molar-refractivity contribution in [1.82, 2.24) is 0 Å². The van der Waals surface area contributed by atoms with Crippen LogP contribution in [0.5, 0.6) is 5.75 Å². The number of carbonyl (C=O) groups is 1. The largest absolute Gasteiger partial charge is 0.468 e. The number of esters is 1. The van der Waals surface area contributed by atoms with Gasteiger partial charge in [-0.05, 0) is 67.1 Å². The van der Waals surface area contributed by atoms with Crippen molar-refractivity contribution in [1.29, 1.82) is 0 Å². The summed E-state index contributed by atoms with van der Waals surface area (Å²) in [5.41, 5.74) is 0.421. The van der Waals surface area contributed by atoms with Gasteiger partial charge in [0.15, 0.2) is 6.79 Å². The Hall–Kier alpha value is -1.08. The van der Waals surface area contributed by atoms with E-state index in [9.17, 15) is 4.79 Å². The summed E-state index contributed by atoms with van der Waals surface area (Å²) in [5, 5.41) is 0. The van der Waals surface area contributed by atoms with Crippen molar-refractivity contribution in [3.05, 3.63) is 33.4 Å². The zero-order chi connectivity index (χ0) is 15.2. The van der Waals surface area contributed by atoms with Gasteiger partial charge in [-0.1, -0.05) is 12.1 Å². The lowest BCUT2D eigenvalue weighted by Crippen LogP contribution is -2.23. The summed E-state index contributed by atoms with van der Waals surface area (Å²) in [7, 11) is 1.57. The highest BCUT2D eigenvalue weighted by Gasteiger charge is 2.18. The number of methoxy groups -OCH3 is 1. The molecule has 0 saturated heterocycles. The fourth-order valence-corrected chi connectivity index (χ4v) is 1.79. The average molecular weight is 390 g/mol. The third kappa shape index (κ3) is 6.38. The van der Waals surface area contributed by atoms with E-state index >= 15 is 0 Å². The molecule has 0 N–H and O–H groups in total. The first kappa shape index (κ1) is 17.0. The summed E-state index contributed by atoms with van der Waals surface area (Å²) in [5.74, 6) is 0.397. The Morgan fingerprint density at radius 2 is 1.85 bits per heavy atom. The summed E-state index contributed by atoms with van der Waals surface area (Å²) in [4.78, 5) is 11.8. The highest BCUT2D eigenvalue weighted by molar-refractivity contribution is 14.1. The van der Waals surface area contributed by atoms with Crippen molar-refractivity contribution in [3.8, 4) is 5.75 Å². The van der Waals surface area contributed by atoms with E-state index in [4.69, 9.17) is 14.2 Å². The molecule has 1 rings (SSSR count). The number of rotatable bonds is 5. The first-order valence-electron chi connectivity index (χ1n) is 6.14. The number of ether oxygens (including phenoxy) is 3. The van der Waals surface area contributed by atoms with Crippen LogP contribution in [0.25, 0.3) is 6.08 Å². The first-order chi connectivity index (χ1) is 9.31. The van der Waals surface area contributed by atoms with Crippen LogP contribution >= 0.6 is 22.6 Å². The predicted octanol–water partition coefficient (Wildman–Crippen LogP) is 3.79. The van der Waals surface area contributed by atoms with Crippen LogP contribution < -0.4 is 4.74 Å². The molecule has 0 unspecified atom stereocenters. The van der Waals surface area contributed by atoms with E-state index in [0.717, 1.165) is 11.3 Å². The van der Waals surface area contributed by atoms with Gasteiger partial charge in [0.1, 0.15) is 11.4 Å². The van der Waals surface area contributed by atoms with Crippen LogP contribution in [0.2, 0.25) is 0 Å². The molecule has 1 aromatic carbocycles. The molecule has 0 atom stereocenters. The lowest BCUT2D eigenvalue weighted by atomic mass is 10.2. The highest BCUT2D eigenvalue weighted by Crippen LogP contribution is 2.20. The van der Waals surface area contributed by atoms with Gasteiger partial charge >= 0.3 is 5.97 Å². The van der Waals surface area contributed by atoms with E-state index in [-0.39, 0.29) is 12.8 Å². The maximum atomic E-state index is 11.8. The SMILES string of the molecule is COCOc1ccc(C=C(I)C(=O)OC(C)(C)C)cc1. The minimum Gasteiger partial charge on any atom is -0.468 e. The monoisotopic (exact) mass is 390 g/mol. The molecule has 110 valence electrons. The Labute approximate surface area is 133 Å². The van der Waals surface area contributed by atoms with E-state index < -0.39 is 5.60 Å². The molecule has 0 aliphatic heterocycles. The third-order valence-corrected chi connectivity index (χ3v) is 2.86. The molecule has 0 radical (unpaired) electrons. The van der Waals surface area contributed by atoms with Crippen molar-refractivity contribution in [2.75, 3.05) is 13.9 Å². The maximum absolute atomic E-state index is 11.8. The minimum atomic E-state index is -0.487. The second-order valence-electron chi connectivity index (χ2n) is 5.11. The summed E-state index contributed by atoms with van der Waals surface area (Å²) >= 11 is 1.98. The molecule has 5 heteroatoms. The lowest BCUT2D eigenvalue weighted by Gasteiger charge is -2.19. The van der Waals surface area contributed by atoms with E-state index in [1.54, 1.807) is 13.2 Å². The molecule has 0 bridgehead atoms. The molecule has 0 aliphatic rings. The van der Waals surface area contributed by atoms with Crippen molar-refractivity contribution in [3.63, 3.8) is 0 Å². The molecule has 0 fully saturated rings. The molecular formula is C15H19IO4. The molecule has 0 amide bonds. The summed E-state index contributed by atoms with van der Waals surface area (Å²) in [6.45, 7) is 5.74. The minimum absolute atomic E-state index is 0.213. The first-order valence-corrected chi connectivity index (χ1v) is 7.22. The van der Waals surface area contributed by atoms with Gasteiger partial charge in [0.25, 0.3) is 0 Å². The Morgan fingerprint density at radius 1 is 1.25 bits per heavy atom. The standard InChI is InChI=1S/C15H19IO4/c1-15(2,3)20-14(17)13(16)9-11-5-7-12(8-6-11)19-10-18-4/h5-9H,10H2,1-4H3. The Kier molecular flexibility index (Phi) is 6.48.